The lowest BCUT2D eigenvalue weighted by Gasteiger charge is -2.29. The van der Waals surface area contributed by atoms with E-state index >= 15 is 0 Å². The summed E-state index contributed by atoms with van der Waals surface area (Å²) in [5.74, 6) is 1.58. The largest absolute Gasteiger partial charge is 0.369 e. The Kier molecular flexibility index (Phi) is 4.06. The lowest BCUT2D eigenvalue weighted by molar-refractivity contribution is 0.0141. The van der Waals surface area contributed by atoms with Gasteiger partial charge in [-0.25, -0.2) is 4.98 Å². The number of fused-ring (bicyclic) bond motifs is 1. The first-order valence-electron chi connectivity index (χ1n) is 9.81. The smallest absolute Gasteiger partial charge is 0.251 e. The third kappa shape index (κ3) is 2.74. The molecule has 0 unspecified atom stereocenters. The molecule has 28 heavy (non-hydrogen) atoms. The molecule has 0 saturated carbocycles. The third-order valence-corrected chi connectivity index (χ3v) is 6.52. The first-order chi connectivity index (χ1) is 13.7. The average Bonchev–Trinajstić information content (AvgIpc) is 3.41. The van der Waals surface area contributed by atoms with E-state index < -0.39 is 0 Å². The van der Waals surface area contributed by atoms with Crippen molar-refractivity contribution in [3.05, 3.63) is 59.8 Å². The maximum atomic E-state index is 12.4. The van der Waals surface area contributed by atoms with Gasteiger partial charge >= 0.3 is 0 Å². The zero-order valence-electron chi connectivity index (χ0n) is 15.5. The van der Waals surface area contributed by atoms with Crippen LogP contribution >= 0.6 is 0 Å². The van der Waals surface area contributed by atoms with Crippen LogP contribution in [-0.4, -0.2) is 42.2 Å². The number of hydrogen-bond acceptors (Lipinski definition) is 5. The van der Waals surface area contributed by atoms with Gasteiger partial charge in [0.1, 0.15) is 11.9 Å². The minimum atomic E-state index is -0.123. The number of nitriles is 1. The van der Waals surface area contributed by atoms with Crippen LogP contribution in [-0.2, 0) is 4.74 Å². The zero-order chi connectivity index (χ0) is 19.1. The van der Waals surface area contributed by atoms with Gasteiger partial charge in [0.15, 0.2) is 0 Å². The van der Waals surface area contributed by atoms with Gasteiger partial charge in [0.2, 0.25) is 0 Å². The topological polar surface area (TPSA) is 78.2 Å². The van der Waals surface area contributed by atoms with Gasteiger partial charge in [-0.2, -0.15) is 5.26 Å². The highest BCUT2D eigenvalue weighted by Crippen LogP contribution is 2.55. The highest BCUT2D eigenvalue weighted by atomic mass is 16.5. The van der Waals surface area contributed by atoms with E-state index in [0.29, 0.717) is 29.5 Å². The van der Waals surface area contributed by atoms with Gasteiger partial charge in [0, 0.05) is 43.2 Å². The van der Waals surface area contributed by atoms with E-state index in [1.54, 1.807) is 6.20 Å². The Morgan fingerprint density at radius 1 is 1.32 bits per heavy atom. The molecule has 6 heteroatoms. The maximum absolute atomic E-state index is 12.4. The number of pyridine rings is 1. The fraction of sp³-hybridized carbons (Fsp3) is 0.409. The predicted molar refractivity (Wildman–Crippen MR) is 104 cm³/mol. The molecular formula is C22H22N4O2. The van der Waals surface area contributed by atoms with Crippen molar-refractivity contribution in [2.75, 3.05) is 24.5 Å². The quantitative estimate of drug-likeness (QED) is 0.889. The fourth-order valence-corrected chi connectivity index (χ4v) is 5.18. The molecule has 2 aromatic rings. The Morgan fingerprint density at radius 2 is 2.18 bits per heavy atom. The maximum Gasteiger partial charge on any atom is 0.251 e. The molecular weight excluding hydrogens is 352 g/mol. The number of amides is 1. The second-order valence-electron chi connectivity index (χ2n) is 8.00. The van der Waals surface area contributed by atoms with E-state index in [1.807, 2.05) is 42.5 Å². The van der Waals surface area contributed by atoms with Gasteiger partial charge in [-0.15, -0.1) is 0 Å². The molecule has 3 fully saturated rings. The van der Waals surface area contributed by atoms with Gasteiger partial charge < -0.3 is 15.0 Å². The van der Waals surface area contributed by atoms with E-state index in [4.69, 9.17) is 10.00 Å². The minimum Gasteiger partial charge on any atom is -0.369 e. The fourth-order valence-electron chi connectivity index (χ4n) is 5.18. The molecule has 3 saturated heterocycles. The highest BCUT2D eigenvalue weighted by Gasteiger charge is 2.63. The lowest BCUT2D eigenvalue weighted by Crippen LogP contribution is -2.41. The molecule has 1 aromatic heterocycles. The number of anilines is 1. The summed E-state index contributed by atoms with van der Waals surface area (Å²) < 4.78 is 6.46. The number of nitrogens with one attached hydrogen (secondary N) is 1. The molecule has 0 aliphatic carbocycles. The van der Waals surface area contributed by atoms with Gasteiger partial charge in [-0.3, -0.25) is 4.79 Å². The zero-order valence-corrected chi connectivity index (χ0v) is 15.5. The van der Waals surface area contributed by atoms with Crippen LogP contribution in [0.4, 0.5) is 5.82 Å². The summed E-state index contributed by atoms with van der Waals surface area (Å²) in [6.07, 6.45) is 3.98. The molecule has 3 aliphatic heterocycles. The summed E-state index contributed by atoms with van der Waals surface area (Å²) >= 11 is 0. The molecule has 142 valence electrons. The molecule has 5 rings (SSSR count). The van der Waals surface area contributed by atoms with Gasteiger partial charge in [-0.1, -0.05) is 18.2 Å². The van der Waals surface area contributed by atoms with Crippen LogP contribution in [0.25, 0.3) is 0 Å². The third-order valence-electron chi connectivity index (χ3n) is 6.52. The van der Waals surface area contributed by atoms with Crippen LogP contribution in [0.3, 0.4) is 0 Å². The summed E-state index contributed by atoms with van der Waals surface area (Å²) in [6.45, 7) is 2.34. The van der Waals surface area contributed by atoms with Crippen molar-refractivity contribution in [1.82, 2.24) is 10.3 Å². The number of hydrogen-bond donors (Lipinski definition) is 1. The molecule has 1 spiro atoms. The van der Waals surface area contributed by atoms with Crippen LogP contribution in [0, 0.1) is 23.2 Å². The second kappa shape index (κ2) is 6.61. The average molecular weight is 374 g/mol. The van der Waals surface area contributed by atoms with E-state index in [-0.39, 0.29) is 17.6 Å². The van der Waals surface area contributed by atoms with Crippen LogP contribution < -0.4 is 10.2 Å². The Hall–Kier alpha value is -2.91. The Morgan fingerprint density at radius 3 is 2.93 bits per heavy atom. The Bertz CT molecular complexity index is 924. The van der Waals surface area contributed by atoms with Gasteiger partial charge in [0.25, 0.3) is 5.91 Å². The van der Waals surface area contributed by atoms with Crippen molar-refractivity contribution in [3.63, 3.8) is 0 Å². The molecule has 1 N–H and O–H groups in total. The van der Waals surface area contributed by atoms with Crippen molar-refractivity contribution in [2.45, 2.75) is 24.5 Å². The van der Waals surface area contributed by atoms with E-state index in [1.165, 1.54) is 0 Å². The highest BCUT2D eigenvalue weighted by molar-refractivity contribution is 5.94. The number of ether oxygens (including phenoxy) is 1. The number of carbonyl (C=O) groups is 1. The Balaban J connectivity index is 1.29. The Labute approximate surface area is 164 Å². The van der Waals surface area contributed by atoms with E-state index in [2.05, 4.69) is 21.3 Å². The van der Waals surface area contributed by atoms with Crippen molar-refractivity contribution in [3.8, 4) is 6.07 Å². The van der Waals surface area contributed by atoms with E-state index in [9.17, 15) is 4.79 Å². The second-order valence-corrected chi connectivity index (χ2v) is 8.00. The first kappa shape index (κ1) is 17.2. The summed E-state index contributed by atoms with van der Waals surface area (Å²) in [6, 6.07) is 15.2. The van der Waals surface area contributed by atoms with Crippen LogP contribution in [0.1, 0.15) is 28.8 Å². The molecule has 0 radical (unpaired) electrons. The SMILES string of the molecule is N#Cc1ccc(N2C[C@@H]3[C@H](CNC(=O)c4ccccc4)[C@H]4CC[C@]3(C2)O4)nc1. The molecule has 4 heterocycles. The number of rotatable bonds is 4. The number of aromatic nitrogens is 1. The molecule has 2 bridgehead atoms. The van der Waals surface area contributed by atoms with Gasteiger partial charge in [0.05, 0.1) is 17.3 Å². The molecule has 1 amide bonds. The molecule has 3 aliphatic rings. The normalized spacial score (nSPS) is 30.1. The van der Waals surface area contributed by atoms with Crippen molar-refractivity contribution in [2.24, 2.45) is 11.8 Å². The minimum absolute atomic E-state index is 0.0268. The summed E-state index contributed by atoms with van der Waals surface area (Å²) in [4.78, 5) is 19.2. The summed E-state index contributed by atoms with van der Waals surface area (Å²) in [7, 11) is 0. The van der Waals surface area contributed by atoms with Crippen LogP contribution in [0.5, 0.6) is 0 Å². The van der Waals surface area contributed by atoms with E-state index in [0.717, 1.165) is 31.7 Å². The van der Waals surface area contributed by atoms with Gasteiger partial charge in [-0.05, 0) is 37.1 Å². The standard InChI is InChI=1S/C22H22N4O2/c23-10-15-6-7-20(24-11-15)26-13-18-17(19-8-9-22(18,14-26)28-19)12-25-21(27)16-4-2-1-3-5-16/h1-7,11,17-19H,8-9,12-14H2,(H,25,27)/t17-,18+,19+,22+/m0/s1. The first-order valence-corrected chi connectivity index (χ1v) is 9.81. The van der Waals surface area contributed by atoms with Crippen molar-refractivity contribution >= 4 is 11.7 Å². The number of benzene rings is 1. The van der Waals surface area contributed by atoms with Crippen molar-refractivity contribution < 1.29 is 9.53 Å². The molecule has 6 nitrogen and oxygen atoms in total. The number of carbonyl (C=O) groups excluding carboxylic acids is 1. The molecule has 1 aromatic carbocycles. The molecule has 4 atom stereocenters. The lowest BCUT2D eigenvalue weighted by atomic mass is 9.73. The van der Waals surface area contributed by atoms with Crippen LogP contribution in [0.2, 0.25) is 0 Å². The predicted octanol–water partition coefficient (Wildman–Crippen LogP) is 2.37. The summed E-state index contributed by atoms with van der Waals surface area (Å²) in [5.41, 5.74) is 1.14. The van der Waals surface area contributed by atoms with Crippen LogP contribution in [0.15, 0.2) is 48.7 Å². The monoisotopic (exact) mass is 374 g/mol. The number of nitrogens with zero attached hydrogens (tertiary/aromatic N) is 3. The summed E-state index contributed by atoms with van der Waals surface area (Å²) in [5, 5.41) is 12.1. The van der Waals surface area contributed by atoms with Crippen molar-refractivity contribution in [1.29, 1.82) is 5.26 Å².